The molecular weight excluding hydrogens is 314 g/mol. The second-order valence-corrected chi connectivity index (χ2v) is 6.50. The molecule has 1 aliphatic rings. The molecule has 132 valence electrons. The second-order valence-electron chi connectivity index (χ2n) is 6.50. The summed E-state index contributed by atoms with van der Waals surface area (Å²) in [5.41, 5.74) is 2.46. The fourth-order valence-electron chi connectivity index (χ4n) is 2.95. The van der Waals surface area contributed by atoms with E-state index in [9.17, 15) is 4.79 Å². The number of nitrogens with zero attached hydrogens (tertiary/aromatic N) is 4. The maximum atomic E-state index is 12.5. The smallest absolute Gasteiger partial charge is 0.255 e. The molecule has 1 aliphatic heterocycles. The van der Waals surface area contributed by atoms with Crippen molar-refractivity contribution in [2.24, 2.45) is 0 Å². The monoisotopic (exact) mass is 339 g/mol. The number of carbonyl (C=O) groups is 1. The van der Waals surface area contributed by atoms with Crippen LogP contribution < -0.4 is 15.1 Å². The maximum absolute atomic E-state index is 12.5. The van der Waals surface area contributed by atoms with E-state index in [4.69, 9.17) is 0 Å². The third-order valence-corrected chi connectivity index (χ3v) is 4.44. The van der Waals surface area contributed by atoms with Gasteiger partial charge in [0.1, 0.15) is 5.69 Å². The molecule has 2 aromatic rings. The lowest BCUT2D eigenvalue weighted by Crippen LogP contribution is -2.23. The molecular formula is C19H25N5O. The molecule has 0 bridgehead atoms. The fraction of sp³-hybridized carbons (Fsp3) is 0.421. The quantitative estimate of drug-likeness (QED) is 0.907. The molecule has 1 fully saturated rings. The molecule has 0 aliphatic carbocycles. The van der Waals surface area contributed by atoms with E-state index in [-0.39, 0.29) is 5.91 Å². The summed E-state index contributed by atoms with van der Waals surface area (Å²) in [6.07, 6.45) is 5.01. The van der Waals surface area contributed by atoms with E-state index < -0.39 is 0 Å². The van der Waals surface area contributed by atoms with Crippen LogP contribution in [0, 0.1) is 0 Å². The van der Waals surface area contributed by atoms with Gasteiger partial charge in [0.25, 0.3) is 5.91 Å². The van der Waals surface area contributed by atoms with Crippen LogP contribution in [0.3, 0.4) is 0 Å². The van der Waals surface area contributed by atoms with Crippen LogP contribution in [0.15, 0.2) is 30.5 Å². The Morgan fingerprint density at radius 2 is 1.88 bits per heavy atom. The Morgan fingerprint density at radius 1 is 1.20 bits per heavy atom. The van der Waals surface area contributed by atoms with Crippen molar-refractivity contribution >= 4 is 23.4 Å². The minimum atomic E-state index is -0.150. The van der Waals surface area contributed by atoms with Crippen molar-refractivity contribution in [3.8, 4) is 0 Å². The summed E-state index contributed by atoms with van der Waals surface area (Å²) in [5, 5.41) is 2.94. The van der Waals surface area contributed by atoms with E-state index in [0.717, 1.165) is 31.3 Å². The SMILES string of the molecule is CCc1ccc(C(=O)Nc2cnc(N3CCCC3)nc2N(C)C)cc1. The molecule has 0 radical (unpaired) electrons. The van der Waals surface area contributed by atoms with Gasteiger partial charge in [0.2, 0.25) is 5.95 Å². The highest BCUT2D eigenvalue weighted by Crippen LogP contribution is 2.25. The minimum Gasteiger partial charge on any atom is -0.361 e. The Bertz CT molecular complexity index is 736. The highest BCUT2D eigenvalue weighted by Gasteiger charge is 2.18. The minimum absolute atomic E-state index is 0.150. The predicted octanol–water partition coefficient (Wildman–Crippen LogP) is 2.96. The molecule has 0 atom stereocenters. The van der Waals surface area contributed by atoms with Gasteiger partial charge in [0, 0.05) is 32.7 Å². The first kappa shape index (κ1) is 17.2. The molecule has 0 unspecified atom stereocenters. The molecule has 1 aromatic heterocycles. The second kappa shape index (κ2) is 7.51. The van der Waals surface area contributed by atoms with Crippen LogP contribution in [0.4, 0.5) is 17.5 Å². The van der Waals surface area contributed by atoms with Crippen LogP contribution in [0.25, 0.3) is 0 Å². The van der Waals surface area contributed by atoms with Gasteiger partial charge < -0.3 is 15.1 Å². The number of amides is 1. The summed E-state index contributed by atoms with van der Waals surface area (Å²) in [4.78, 5) is 25.7. The van der Waals surface area contributed by atoms with Gasteiger partial charge in [-0.05, 0) is 37.0 Å². The molecule has 2 heterocycles. The van der Waals surface area contributed by atoms with Crippen molar-refractivity contribution in [3.63, 3.8) is 0 Å². The van der Waals surface area contributed by atoms with E-state index in [0.29, 0.717) is 11.3 Å². The Balaban J connectivity index is 1.81. The normalized spacial score (nSPS) is 13.8. The molecule has 0 saturated carbocycles. The van der Waals surface area contributed by atoms with E-state index in [1.54, 1.807) is 6.20 Å². The molecule has 6 heteroatoms. The number of carbonyl (C=O) groups excluding carboxylic acids is 1. The number of hydrogen-bond acceptors (Lipinski definition) is 5. The molecule has 3 rings (SSSR count). The Morgan fingerprint density at radius 3 is 2.48 bits per heavy atom. The average Bonchev–Trinajstić information content (AvgIpc) is 3.16. The fourth-order valence-corrected chi connectivity index (χ4v) is 2.95. The van der Waals surface area contributed by atoms with Gasteiger partial charge in [-0.15, -0.1) is 0 Å². The number of aryl methyl sites for hydroxylation is 1. The predicted molar refractivity (Wildman–Crippen MR) is 102 cm³/mol. The van der Waals surface area contributed by atoms with Gasteiger partial charge in [-0.2, -0.15) is 4.98 Å². The summed E-state index contributed by atoms with van der Waals surface area (Å²) < 4.78 is 0. The van der Waals surface area contributed by atoms with E-state index in [2.05, 4.69) is 27.1 Å². The van der Waals surface area contributed by atoms with E-state index in [1.165, 1.54) is 18.4 Å². The van der Waals surface area contributed by atoms with Gasteiger partial charge in [-0.25, -0.2) is 4.98 Å². The Labute approximate surface area is 148 Å². The summed E-state index contributed by atoms with van der Waals surface area (Å²) in [5.74, 6) is 1.30. The largest absolute Gasteiger partial charge is 0.361 e. The van der Waals surface area contributed by atoms with Gasteiger partial charge in [-0.3, -0.25) is 4.79 Å². The molecule has 1 aromatic carbocycles. The first-order valence-electron chi connectivity index (χ1n) is 8.78. The lowest BCUT2D eigenvalue weighted by molar-refractivity contribution is 0.102. The molecule has 0 spiro atoms. The number of anilines is 3. The zero-order chi connectivity index (χ0) is 17.8. The van der Waals surface area contributed by atoms with Crippen molar-refractivity contribution in [2.75, 3.05) is 42.3 Å². The van der Waals surface area contributed by atoms with Crippen LogP contribution in [-0.4, -0.2) is 43.1 Å². The number of hydrogen-bond donors (Lipinski definition) is 1. The van der Waals surface area contributed by atoms with Crippen molar-refractivity contribution in [1.29, 1.82) is 0 Å². The molecule has 1 N–H and O–H groups in total. The van der Waals surface area contributed by atoms with Gasteiger partial charge in [0.15, 0.2) is 5.82 Å². The van der Waals surface area contributed by atoms with Gasteiger partial charge >= 0.3 is 0 Å². The number of rotatable bonds is 5. The van der Waals surface area contributed by atoms with E-state index >= 15 is 0 Å². The Kier molecular flexibility index (Phi) is 5.16. The summed E-state index contributed by atoms with van der Waals surface area (Å²) in [6, 6.07) is 7.66. The number of aromatic nitrogens is 2. The van der Waals surface area contributed by atoms with Crippen LogP contribution in [0.1, 0.15) is 35.7 Å². The first-order chi connectivity index (χ1) is 12.1. The van der Waals surface area contributed by atoms with Crippen molar-refractivity contribution in [3.05, 3.63) is 41.6 Å². The highest BCUT2D eigenvalue weighted by molar-refractivity contribution is 6.05. The van der Waals surface area contributed by atoms with Crippen molar-refractivity contribution in [2.45, 2.75) is 26.2 Å². The van der Waals surface area contributed by atoms with Crippen LogP contribution in [0.5, 0.6) is 0 Å². The molecule has 25 heavy (non-hydrogen) atoms. The summed E-state index contributed by atoms with van der Waals surface area (Å²) in [6.45, 7) is 4.07. The average molecular weight is 339 g/mol. The maximum Gasteiger partial charge on any atom is 0.255 e. The third kappa shape index (κ3) is 3.90. The third-order valence-electron chi connectivity index (χ3n) is 4.44. The number of nitrogens with one attached hydrogen (secondary N) is 1. The summed E-state index contributed by atoms with van der Waals surface area (Å²) >= 11 is 0. The molecule has 1 saturated heterocycles. The van der Waals surface area contributed by atoms with E-state index in [1.807, 2.05) is 43.3 Å². The van der Waals surface area contributed by atoms with Gasteiger partial charge in [0.05, 0.1) is 6.20 Å². The topological polar surface area (TPSA) is 61.4 Å². The highest BCUT2D eigenvalue weighted by atomic mass is 16.1. The first-order valence-corrected chi connectivity index (χ1v) is 8.78. The standard InChI is InChI=1S/C19H25N5O/c1-4-14-7-9-15(10-8-14)18(25)21-16-13-20-19(22-17(16)23(2)3)24-11-5-6-12-24/h7-10,13H,4-6,11-12H2,1-3H3,(H,21,25). The van der Waals surface area contributed by atoms with Crippen LogP contribution in [0.2, 0.25) is 0 Å². The zero-order valence-corrected chi connectivity index (χ0v) is 15.1. The molecule has 6 nitrogen and oxygen atoms in total. The lowest BCUT2D eigenvalue weighted by Gasteiger charge is -2.21. The Hall–Kier alpha value is -2.63. The van der Waals surface area contributed by atoms with Crippen molar-refractivity contribution < 1.29 is 4.79 Å². The van der Waals surface area contributed by atoms with Crippen LogP contribution in [-0.2, 0) is 6.42 Å². The van der Waals surface area contributed by atoms with Crippen molar-refractivity contribution in [1.82, 2.24) is 9.97 Å². The number of benzene rings is 1. The zero-order valence-electron chi connectivity index (χ0n) is 15.1. The lowest BCUT2D eigenvalue weighted by atomic mass is 10.1. The van der Waals surface area contributed by atoms with Gasteiger partial charge in [-0.1, -0.05) is 19.1 Å². The van der Waals surface area contributed by atoms with Crippen LogP contribution >= 0.6 is 0 Å². The summed E-state index contributed by atoms with van der Waals surface area (Å²) in [7, 11) is 3.84. The molecule has 1 amide bonds.